The van der Waals surface area contributed by atoms with Gasteiger partial charge in [0, 0.05) is 18.8 Å². The molecule has 0 amide bonds. The zero-order valence-corrected chi connectivity index (χ0v) is 11.2. The van der Waals surface area contributed by atoms with Crippen LogP contribution in [0.3, 0.4) is 0 Å². The lowest BCUT2D eigenvalue weighted by atomic mass is 9.76. The van der Waals surface area contributed by atoms with Gasteiger partial charge in [0.05, 0.1) is 36.1 Å². The minimum absolute atomic E-state index is 0.0158. The van der Waals surface area contributed by atoms with E-state index in [1.807, 2.05) is 6.92 Å². The van der Waals surface area contributed by atoms with E-state index in [4.69, 9.17) is 14.7 Å². The number of nitriles is 1. The summed E-state index contributed by atoms with van der Waals surface area (Å²) in [6, 6.07) is 2.24. The first-order valence-corrected chi connectivity index (χ1v) is 7.13. The number of hydrogen-bond acceptors (Lipinski definition) is 5. The van der Waals surface area contributed by atoms with E-state index in [1.165, 1.54) is 0 Å². The molecule has 0 aromatic carbocycles. The summed E-state index contributed by atoms with van der Waals surface area (Å²) in [6.07, 6.45) is 1.78. The lowest BCUT2D eigenvalue weighted by molar-refractivity contribution is -0.179. The Morgan fingerprint density at radius 3 is 2.89 bits per heavy atom. The second kappa shape index (κ2) is 4.71. The molecule has 106 valence electrons. The Balaban J connectivity index is 1.73. The summed E-state index contributed by atoms with van der Waals surface area (Å²) in [5.74, 6) is -0.0184. The summed E-state index contributed by atoms with van der Waals surface area (Å²) in [5, 5.41) is 28.7. The zero-order valence-electron chi connectivity index (χ0n) is 11.2. The number of nitrogens with zero attached hydrogens (tertiary/aromatic N) is 1. The van der Waals surface area contributed by atoms with Crippen LogP contribution in [0.2, 0.25) is 0 Å². The second-order valence-electron chi connectivity index (χ2n) is 6.28. The standard InChI is InChI=1S/C14H21NO4/c1-8(7-15)4-9-2-3-12-14(19-9)5-10(16)13(17)11(6-14)18-12/h8-13,16-17H,2-6H2,1H3/t8-,9?,10-,11-,12?,13-,14+/m1/s1. The summed E-state index contributed by atoms with van der Waals surface area (Å²) in [7, 11) is 0. The lowest BCUT2D eigenvalue weighted by Crippen LogP contribution is -2.54. The molecule has 3 aliphatic rings. The molecule has 1 aliphatic carbocycles. The van der Waals surface area contributed by atoms with Crippen molar-refractivity contribution in [2.24, 2.45) is 5.92 Å². The second-order valence-corrected chi connectivity index (χ2v) is 6.28. The van der Waals surface area contributed by atoms with Gasteiger partial charge >= 0.3 is 0 Å². The van der Waals surface area contributed by atoms with Gasteiger partial charge in [-0.05, 0) is 26.2 Å². The number of fused-ring (bicyclic) bond motifs is 1. The van der Waals surface area contributed by atoms with Crippen LogP contribution in [-0.4, -0.2) is 46.3 Å². The molecular formula is C14H21NO4. The summed E-state index contributed by atoms with van der Waals surface area (Å²) in [6.45, 7) is 1.90. The van der Waals surface area contributed by atoms with Gasteiger partial charge in [-0.3, -0.25) is 0 Å². The predicted molar refractivity (Wildman–Crippen MR) is 66.1 cm³/mol. The molecule has 2 saturated heterocycles. The first-order chi connectivity index (χ1) is 9.04. The van der Waals surface area contributed by atoms with Gasteiger partial charge in [-0.1, -0.05) is 0 Å². The lowest BCUT2D eigenvalue weighted by Gasteiger charge is -2.44. The Morgan fingerprint density at radius 2 is 2.16 bits per heavy atom. The van der Waals surface area contributed by atoms with Gasteiger partial charge in [-0.15, -0.1) is 0 Å². The van der Waals surface area contributed by atoms with Gasteiger partial charge in [0.25, 0.3) is 0 Å². The fourth-order valence-corrected chi connectivity index (χ4v) is 3.84. The Kier molecular flexibility index (Phi) is 3.30. The van der Waals surface area contributed by atoms with E-state index < -0.39 is 17.8 Å². The normalized spacial score (nSPS) is 50.3. The van der Waals surface area contributed by atoms with Crippen molar-refractivity contribution in [1.82, 2.24) is 0 Å². The highest BCUT2D eigenvalue weighted by atomic mass is 16.6. The average molecular weight is 267 g/mol. The van der Waals surface area contributed by atoms with Crippen LogP contribution in [0.5, 0.6) is 0 Å². The van der Waals surface area contributed by atoms with Crippen LogP contribution >= 0.6 is 0 Å². The first-order valence-electron chi connectivity index (χ1n) is 7.13. The maximum absolute atomic E-state index is 9.94. The molecular weight excluding hydrogens is 246 g/mol. The Bertz CT molecular complexity index is 395. The molecule has 0 radical (unpaired) electrons. The molecule has 5 heteroatoms. The molecule has 7 atom stereocenters. The van der Waals surface area contributed by atoms with Crippen molar-refractivity contribution in [2.45, 2.75) is 75.1 Å². The summed E-state index contributed by atoms with van der Waals surface area (Å²) >= 11 is 0. The molecule has 3 rings (SSSR count). The van der Waals surface area contributed by atoms with E-state index in [1.54, 1.807) is 0 Å². The van der Waals surface area contributed by atoms with Crippen molar-refractivity contribution in [3.05, 3.63) is 0 Å². The largest absolute Gasteiger partial charge is 0.390 e. The van der Waals surface area contributed by atoms with Gasteiger partial charge in [0.1, 0.15) is 6.10 Å². The molecule has 5 nitrogen and oxygen atoms in total. The molecule has 0 aromatic rings. The van der Waals surface area contributed by atoms with Crippen molar-refractivity contribution in [3.8, 4) is 6.07 Å². The Hall–Kier alpha value is -0.670. The SMILES string of the molecule is C[C@@H](C#N)CC1CCC2O[C@@H]3C[C@]2(C[C@@H](O)[C@H]3O)O1. The van der Waals surface area contributed by atoms with Gasteiger partial charge < -0.3 is 19.7 Å². The van der Waals surface area contributed by atoms with E-state index >= 15 is 0 Å². The molecule has 3 fully saturated rings. The highest BCUT2D eigenvalue weighted by Crippen LogP contribution is 2.49. The quantitative estimate of drug-likeness (QED) is 0.771. The third kappa shape index (κ3) is 2.17. The predicted octanol–water partition coefficient (Wildman–Crippen LogP) is 0.737. The van der Waals surface area contributed by atoms with E-state index in [0.29, 0.717) is 12.8 Å². The van der Waals surface area contributed by atoms with Crippen LogP contribution in [0.15, 0.2) is 0 Å². The van der Waals surface area contributed by atoms with Gasteiger partial charge in [-0.25, -0.2) is 0 Å². The summed E-state index contributed by atoms with van der Waals surface area (Å²) in [5.41, 5.74) is -0.443. The van der Waals surface area contributed by atoms with Crippen molar-refractivity contribution in [1.29, 1.82) is 5.26 Å². The minimum atomic E-state index is -0.795. The molecule has 19 heavy (non-hydrogen) atoms. The molecule has 2 heterocycles. The van der Waals surface area contributed by atoms with Crippen molar-refractivity contribution in [2.75, 3.05) is 0 Å². The van der Waals surface area contributed by atoms with Crippen LogP contribution in [0.1, 0.15) is 39.0 Å². The number of ether oxygens (including phenoxy) is 2. The molecule has 2 unspecified atom stereocenters. The molecule has 1 saturated carbocycles. The number of aliphatic hydroxyl groups is 2. The summed E-state index contributed by atoms with van der Waals surface area (Å²) < 4.78 is 12.1. The number of aliphatic hydroxyl groups excluding tert-OH is 2. The Labute approximate surface area is 113 Å². The molecule has 2 N–H and O–H groups in total. The number of hydrogen-bond donors (Lipinski definition) is 2. The van der Waals surface area contributed by atoms with Crippen molar-refractivity contribution in [3.63, 3.8) is 0 Å². The highest BCUT2D eigenvalue weighted by Gasteiger charge is 2.59. The summed E-state index contributed by atoms with van der Waals surface area (Å²) in [4.78, 5) is 0. The van der Waals surface area contributed by atoms with Crippen molar-refractivity contribution < 1.29 is 19.7 Å². The molecule has 0 aromatic heterocycles. The molecule has 2 aliphatic heterocycles. The third-order valence-corrected chi connectivity index (χ3v) is 4.79. The Morgan fingerprint density at radius 1 is 1.37 bits per heavy atom. The maximum Gasteiger partial charge on any atom is 0.106 e. The van der Waals surface area contributed by atoms with Gasteiger partial charge in [-0.2, -0.15) is 5.26 Å². The zero-order chi connectivity index (χ0) is 13.6. The van der Waals surface area contributed by atoms with Crippen molar-refractivity contribution >= 4 is 0 Å². The van der Waals surface area contributed by atoms with Gasteiger partial charge in [0.2, 0.25) is 0 Å². The molecule has 2 bridgehead atoms. The van der Waals surface area contributed by atoms with Gasteiger partial charge in [0.15, 0.2) is 0 Å². The highest BCUT2D eigenvalue weighted by molar-refractivity contribution is 5.09. The molecule has 1 spiro atoms. The average Bonchev–Trinajstić information content (AvgIpc) is 2.70. The fraction of sp³-hybridized carbons (Fsp3) is 0.929. The van der Waals surface area contributed by atoms with E-state index in [-0.39, 0.29) is 24.2 Å². The van der Waals surface area contributed by atoms with E-state index in [0.717, 1.165) is 19.3 Å². The van der Waals surface area contributed by atoms with Crippen LogP contribution < -0.4 is 0 Å². The van der Waals surface area contributed by atoms with Crippen LogP contribution in [-0.2, 0) is 9.47 Å². The minimum Gasteiger partial charge on any atom is -0.390 e. The van der Waals surface area contributed by atoms with E-state index in [9.17, 15) is 10.2 Å². The van der Waals surface area contributed by atoms with Crippen LogP contribution in [0.4, 0.5) is 0 Å². The number of rotatable bonds is 2. The topological polar surface area (TPSA) is 82.7 Å². The van der Waals surface area contributed by atoms with Crippen LogP contribution in [0, 0.1) is 17.2 Å². The smallest absolute Gasteiger partial charge is 0.106 e. The monoisotopic (exact) mass is 267 g/mol. The van der Waals surface area contributed by atoms with E-state index in [2.05, 4.69) is 6.07 Å². The van der Waals surface area contributed by atoms with Crippen LogP contribution in [0.25, 0.3) is 0 Å². The third-order valence-electron chi connectivity index (χ3n) is 4.79. The fourth-order valence-electron chi connectivity index (χ4n) is 3.84. The first kappa shape index (κ1) is 13.3. The maximum atomic E-state index is 9.94.